The first kappa shape index (κ1) is 19.4. The van der Waals surface area contributed by atoms with Crippen LogP contribution in [0.5, 0.6) is 11.5 Å². The zero-order chi connectivity index (χ0) is 19.3. The van der Waals surface area contributed by atoms with Gasteiger partial charge in [-0.3, -0.25) is 4.79 Å². The molecule has 136 valence electrons. The maximum atomic E-state index is 13.0. The molecule has 0 aromatic heterocycles. The van der Waals surface area contributed by atoms with Crippen LogP contribution >= 0.6 is 11.6 Å². The van der Waals surface area contributed by atoms with Crippen LogP contribution in [0.3, 0.4) is 0 Å². The molecule has 1 amide bonds. The second-order valence-corrected chi connectivity index (χ2v) is 5.38. The Morgan fingerprint density at radius 2 is 2.00 bits per heavy atom. The quantitative estimate of drug-likeness (QED) is 0.836. The van der Waals surface area contributed by atoms with Crippen molar-refractivity contribution in [1.82, 2.24) is 0 Å². The van der Waals surface area contributed by atoms with Gasteiger partial charge in [0.15, 0.2) is 18.1 Å². The summed E-state index contributed by atoms with van der Waals surface area (Å²) in [6, 6.07) is 9.37. The average molecular weight is 385 g/mol. The first-order valence-electron chi connectivity index (χ1n) is 7.12. The number of hydrogen-bond acceptors (Lipinski definition) is 4. The Kier molecular flexibility index (Phi) is 5.95. The summed E-state index contributed by atoms with van der Waals surface area (Å²) in [6.45, 7) is -0.579. The summed E-state index contributed by atoms with van der Waals surface area (Å²) in [7, 11) is 1.35. The van der Waals surface area contributed by atoms with E-state index >= 15 is 0 Å². The van der Waals surface area contributed by atoms with Crippen LogP contribution in [-0.4, -0.2) is 19.6 Å². The molecule has 0 heterocycles. The van der Waals surface area contributed by atoms with Gasteiger partial charge in [-0.15, -0.1) is 0 Å². The molecule has 0 aliphatic carbocycles. The molecule has 0 spiro atoms. The summed E-state index contributed by atoms with van der Waals surface area (Å²) in [5.41, 5.74) is -1.28. The van der Waals surface area contributed by atoms with Crippen molar-refractivity contribution in [3.63, 3.8) is 0 Å². The highest BCUT2D eigenvalue weighted by Gasteiger charge is 2.34. The van der Waals surface area contributed by atoms with Crippen LogP contribution in [0.4, 0.5) is 18.9 Å². The molecule has 2 rings (SSSR count). The largest absolute Gasteiger partial charge is 0.493 e. The van der Waals surface area contributed by atoms with Crippen molar-refractivity contribution < 1.29 is 27.4 Å². The lowest BCUT2D eigenvalue weighted by Crippen LogP contribution is -2.22. The number of halogens is 4. The Balaban J connectivity index is 2.13. The summed E-state index contributed by atoms with van der Waals surface area (Å²) in [4.78, 5) is 12.0. The Bertz CT molecular complexity index is 863. The number of para-hydroxylation sites is 1. The molecule has 0 bridgehead atoms. The SMILES string of the molecule is COc1cc(C#N)ccc1OCC(=O)Nc1c(Cl)cccc1C(F)(F)F. The number of benzene rings is 2. The van der Waals surface area contributed by atoms with E-state index in [-0.39, 0.29) is 16.5 Å². The van der Waals surface area contributed by atoms with Gasteiger partial charge < -0.3 is 14.8 Å². The molecule has 9 heteroatoms. The molecule has 0 fully saturated rings. The standard InChI is InChI=1S/C17H12ClF3N2O3/c1-25-14-7-10(8-22)5-6-13(14)26-9-15(24)23-16-11(17(19,20)21)3-2-4-12(16)18/h2-7H,9H2,1H3,(H,23,24). The molecule has 2 aromatic rings. The van der Waals surface area contributed by atoms with E-state index in [0.717, 1.165) is 12.1 Å². The van der Waals surface area contributed by atoms with Gasteiger partial charge in [0.25, 0.3) is 5.91 Å². The maximum absolute atomic E-state index is 13.0. The van der Waals surface area contributed by atoms with E-state index in [2.05, 4.69) is 5.32 Å². The number of ether oxygens (including phenoxy) is 2. The highest BCUT2D eigenvalue weighted by Crippen LogP contribution is 2.38. The number of amides is 1. The van der Waals surface area contributed by atoms with Gasteiger partial charge in [0.05, 0.1) is 35.0 Å². The van der Waals surface area contributed by atoms with Crippen LogP contribution in [0.25, 0.3) is 0 Å². The van der Waals surface area contributed by atoms with Gasteiger partial charge >= 0.3 is 6.18 Å². The first-order valence-corrected chi connectivity index (χ1v) is 7.50. The van der Waals surface area contributed by atoms with Crippen molar-refractivity contribution in [2.24, 2.45) is 0 Å². The fraction of sp³-hybridized carbons (Fsp3) is 0.176. The van der Waals surface area contributed by atoms with Gasteiger partial charge in [-0.25, -0.2) is 0 Å². The maximum Gasteiger partial charge on any atom is 0.418 e. The van der Waals surface area contributed by atoms with E-state index in [1.54, 1.807) is 0 Å². The average Bonchev–Trinajstić information content (AvgIpc) is 2.60. The highest BCUT2D eigenvalue weighted by atomic mass is 35.5. The molecule has 0 atom stereocenters. The Morgan fingerprint density at radius 1 is 1.27 bits per heavy atom. The fourth-order valence-corrected chi connectivity index (χ4v) is 2.28. The zero-order valence-corrected chi connectivity index (χ0v) is 14.1. The van der Waals surface area contributed by atoms with Gasteiger partial charge in [-0.05, 0) is 24.3 Å². The van der Waals surface area contributed by atoms with Gasteiger partial charge in [0.1, 0.15) is 0 Å². The number of nitrogens with one attached hydrogen (secondary N) is 1. The highest BCUT2D eigenvalue weighted by molar-refractivity contribution is 6.34. The number of rotatable bonds is 5. The van der Waals surface area contributed by atoms with Crippen molar-refractivity contribution in [2.75, 3.05) is 19.0 Å². The van der Waals surface area contributed by atoms with Crippen molar-refractivity contribution in [3.8, 4) is 17.6 Å². The van der Waals surface area contributed by atoms with Crippen LogP contribution in [0.2, 0.25) is 5.02 Å². The molecule has 2 aromatic carbocycles. The lowest BCUT2D eigenvalue weighted by atomic mass is 10.1. The van der Waals surface area contributed by atoms with Crippen molar-refractivity contribution in [2.45, 2.75) is 6.18 Å². The summed E-state index contributed by atoms with van der Waals surface area (Å²) in [5.74, 6) is -0.461. The third kappa shape index (κ3) is 4.58. The number of methoxy groups -OCH3 is 1. The lowest BCUT2D eigenvalue weighted by molar-refractivity contribution is -0.137. The molecular weight excluding hydrogens is 373 g/mol. The normalized spacial score (nSPS) is 10.8. The Labute approximate surface area is 151 Å². The van der Waals surface area contributed by atoms with E-state index in [0.29, 0.717) is 5.56 Å². The monoisotopic (exact) mass is 384 g/mol. The molecule has 0 unspecified atom stereocenters. The second-order valence-electron chi connectivity index (χ2n) is 4.97. The molecule has 26 heavy (non-hydrogen) atoms. The number of nitrogens with zero attached hydrogens (tertiary/aromatic N) is 1. The van der Waals surface area contributed by atoms with Crippen LogP contribution in [0, 0.1) is 11.3 Å². The third-order valence-corrected chi connectivity index (χ3v) is 3.55. The molecule has 0 aliphatic rings. The first-order chi connectivity index (χ1) is 12.3. The van der Waals surface area contributed by atoms with E-state index in [1.165, 1.54) is 31.4 Å². The third-order valence-electron chi connectivity index (χ3n) is 3.23. The topological polar surface area (TPSA) is 71.3 Å². The van der Waals surface area contributed by atoms with Gasteiger partial charge in [-0.2, -0.15) is 18.4 Å². The van der Waals surface area contributed by atoms with Gasteiger partial charge in [0, 0.05) is 6.07 Å². The number of nitriles is 1. The molecule has 1 N–H and O–H groups in total. The molecular formula is C17H12ClF3N2O3. The molecule has 0 aliphatic heterocycles. The van der Waals surface area contributed by atoms with Crippen molar-refractivity contribution >= 4 is 23.2 Å². The van der Waals surface area contributed by atoms with E-state index in [9.17, 15) is 18.0 Å². The second kappa shape index (κ2) is 7.97. The summed E-state index contributed by atoms with van der Waals surface area (Å²) in [6.07, 6.45) is -4.68. The Morgan fingerprint density at radius 3 is 2.62 bits per heavy atom. The minimum atomic E-state index is -4.68. The molecule has 0 saturated heterocycles. The fourth-order valence-electron chi connectivity index (χ4n) is 2.06. The molecule has 5 nitrogen and oxygen atoms in total. The predicted molar refractivity (Wildman–Crippen MR) is 88.3 cm³/mol. The summed E-state index contributed by atoms with van der Waals surface area (Å²) < 4.78 is 49.3. The van der Waals surface area contributed by atoms with Crippen molar-refractivity contribution in [1.29, 1.82) is 5.26 Å². The number of hydrogen-bond donors (Lipinski definition) is 1. The molecule has 0 radical (unpaired) electrons. The minimum absolute atomic E-state index is 0.164. The summed E-state index contributed by atoms with van der Waals surface area (Å²) >= 11 is 5.77. The van der Waals surface area contributed by atoms with E-state index < -0.39 is 29.9 Å². The minimum Gasteiger partial charge on any atom is -0.493 e. The van der Waals surface area contributed by atoms with Gasteiger partial charge in [0.2, 0.25) is 0 Å². The predicted octanol–water partition coefficient (Wildman–Crippen LogP) is 4.26. The Hall–Kier alpha value is -2.92. The van der Waals surface area contributed by atoms with Crippen LogP contribution in [0.15, 0.2) is 36.4 Å². The van der Waals surface area contributed by atoms with E-state index in [1.807, 2.05) is 6.07 Å². The lowest BCUT2D eigenvalue weighted by Gasteiger charge is -2.15. The smallest absolute Gasteiger partial charge is 0.418 e. The van der Waals surface area contributed by atoms with Crippen LogP contribution in [0.1, 0.15) is 11.1 Å². The summed E-state index contributed by atoms with van der Waals surface area (Å²) in [5, 5.41) is 10.7. The number of carbonyl (C=O) groups is 1. The zero-order valence-electron chi connectivity index (χ0n) is 13.4. The number of anilines is 1. The number of alkyl halides is 3. The number of carbonyl (C=O) groups excluding carboxylic acids is 1. The van der Waals surface area contributed by atoms with Crippen LogP contribution < -0.4 is 14.8 Å². The van der Waals surface area contributed by atoms with Gasteiger partial charge in [-0.1, -0.05) is 17.7 Å². The molecule has 0 saturated carbocycles. The van der Waals surface area contributed by atoms with Crippen LogP contribution in [-0.2, 0) is 11.0 Å². The van der Waals surface area contributed by atoms with Crippen molar-refractivity contribution in [3.05, 3.63) is 52.5 Å². The van der Waals surface area contributed by atoms with E-state index in [4.69, 9.17) is 26.3 Å².